The van der Waals surface area contributed by atoms with Gasteiger partial charge in [-0.2, -0.15) is 26.3 Å². The van der Waals surface area contributed by atoms with Crippen molar-refractivity contribution in [2.24, 2.45) is 5.41 Å². The lowest BCUT2D eigenvalue weighted by atomic mass is 9.78. The Bertz CT molecular complexity index is 2020. The second-order valence-corrected chi connectivity index (χ2v) is 14.3. The van der Waals surface area contributed by atoms with Crippen molar-refractivity contribution in [1.82, 2.24) is 15.0 Å². The van der Waals surface area contributed by atoms with E-state index in [2.05, 4.69) is 10.3 Å². The number of alkyl halides is 6. The average molecular weight is 750 g/mol. The fraction of sp³-hybridized carbons (Fsp3) is 0.405. The minimum atomic E-state index is -4.70. The quantitative estimate of drug-likeness (QED) is 0.0655. The van der Waals surface area contributed by atoms with E-state index in [-0.39, 0.29) is 34.4 Å². The zero-order valence-corrected chi connectivity index (χ0v) is 29.6. The summed E-state index contributed by atoms with van der Waals surface area (Å²) in [5.74, 6) is -2.78. The van der Waals surface area contributed by atoms with Crippen molar-refractivity contribution in [3.63, 3.8) is 0 Å². The van der Waals surface area contributed by atoms with Gasteiger partial charge in [0.2, 0.25) is 0 Å². The van der Waals surface area contributed by atoms with Crippen LogP contribution in [0.25, 0.3) is 10.9 Å². The predicted octanol–water partition coefficient (Wildman–Crippen LogP) is 7.74. The van der Waals surface area contributed by atoms with Gasteiger partial charge >= 0.3 is 24.3 Å². The zero-order valence-electron chi connectivity index (χ0n) is 29.6. The summed E-state index contributed by atoms with van der Waals surface area (Å²) in [5, 5.41) is 7.27. The third-order valence-electron chi connectivity index (χ3n) is 7.68. The highest BCUT2D eigenvalue weighted by Gasteiger charge is 2.52. The van der Waals surface area contributed by atoms with Crippen molar-refractivity contribution in [3.8, 4) is 5.75 Å². The Morgan fingerprint density at radius 1 is 0.736 bits per heavy atom. The summed E-state index contributed by atoms with van der Waals surface area (Å²) in [4.78, 5) is 55.1. The van der Waals surface area contributed by atoms with E-state index in [0.29, 0.717) is 12.1 Å². The molecule has 4 rings (SSSR count). The molecule has 0 aliphatic carbocycles. The second kappa shape index (κ2) is 15.0. The molecule has 16 heteroatoms. The van der Waals surface area contributed by atoms with Gasteiger partial charge in [-0.3, -0.25) is 19.2 Å². The Labute approximate surface area is 300 Å². The Balaban J connectivity index is 1.66. The molecule has 0 aliphatic rings. The lowest BCUT2D eigenvalue weighted by molar-refractivity contribution is -0.186. The van der Waals surface area contributed by atoms with E-state index in [1.54, 1.807) is 41.5 Å². The first-order valence-corrected chi connectivity index (χ1v) is 16.2. The SMILES string of the molecule is CC(C)(C)OC(=O)C(CCn1nnc2cc(C(F)(F)F)ccc2c1=O)(CC(=O)c1ccc(OCc2cccc(C(F)(F)F)c2)cc1)C(=O)OC(C)(C)C. The number of aryl methyl sites for hydroxylation is 1. The van der Waals surface area contributed by atoms with Crippen molar-refractivity contribution in [2.45, 2.75) is 91.1 Å². The standard InChI is InChI=1S/C37H37F6N3O7/c1-33(2,3)52-31(49)35(32(50)53-34(4,5)6,16-17-46-30(48)27-15-12-25(37(41,42)43)19-28(27)44-45-46)20-29(47)23-10-13-26(14-11-23)51-21-22-8-7-9-24(18-22)36(38,39)40/h7-15,18-19H,16-17,20-21H2,1-6H3. The Hall–Kier alpha value is -5.28. The van der Waals surface area contributed by atoms with Crippen LogP contribution < -0.4 is 10.3 Å². The maximum atomic E-state index is 14.0. The molecule has 0 fully saturated rings. The van der Waals surface area contributed by atoms with E-state index in [1.807, 2.05) is 0 Å². The third kappa shape index (κ3) is 10.4. The number of carbonyl (C=O) groups is 3. The molecule has 1 heterocycles. The fourth-order valence-corrected chi connectivity index (χ4v) is 5.09. The highest BCUT2D eigenvalue weighted by atomic mass is 19.4. The normalized spacial score (nSPS) is 12.8. The molecule has 0 unspecified atom stereocenters. The molecule has 4 aromatic rings. The van der Waals surface area contributed by atoms with Crippen LogP contribution in [0.4, 0.5) is 26.3 Å². The van der Waals surface area contributed by atoms with Crippen molar-refractivity contribution in [2.75, 3.05) is 0 Å². The van der Waals surface area contributed by atoms with E-state index >= 15 is 0 Å². The molecule has 0 amide bonds. The molecule has 10 nitrogen and oxygen atoms in total. The number of ether oxygens (including phenoxy) is 3. The molecular formula is C37H37F6N3O7. The van der Waals surface area contributed by atoms with Gasteiger partial charge in [-0.25, -0.2) is 4.68 Å². The first kappa shape index (κ1) is 40.5. The van der Waals surface area contributed by atoms with E-state index in [4.69, 9.17) is 14.2 Å². The van der Waals surface area contributed by atoms with Crippen LogP contribution in [0.15, 0.2) is 71.5 Å². The highest BCUT2D eigenvalue weighted by Crippen LogP contribution is 2.37. The van der Waals surface area contributed by atoms with Crippen LogP contribution in [-0.4, -0.2) is 43.9 Å². The van der Waals surface area contributed by atoms with Gasteiger partial charge in [0, 0.05) is 18.5 Å². The van der Waals surface area contributed by atoms with Crippen molar-refractivity contribution < 1.29 is 54.9 Å². The molecule has 3 aromatic carbocycles. The molecule has 0 aliphatic heterocycles. The zero-order chi connectivity index (χ0) is 39.6. The van der Waals surface area contributed by atoms with E-state index in [0.717, 1.165) is 22.9 Å². The fourth-order valence-electron chi connectivity index (χ4n) is 5.09. The molecule has 0 saturated carbocycles. The van der Waals surface area contributed by atoms with E-state index < -0.39 is 82.8 Å². The van der Waals surface area contributed by atoms with Gasteiger partial charge in [-0.15, -0.1) is 5.10 Å². The number of carbonyl (C=O) groups excluding carboxylic acids is 3. The molecule has 1 aromatic heterocycles. The summed E-state index contributed by atoms with van der Waals surface area (Å²) >= 11 is 0. The Morgan fingerprint density at radius 2 is 1.30 bits per heavy atom. The van der Waals surface area contributed by atoms with Crippen LogP contribution in [0, 0.1) is 5.41 Å². The van der Waals surface area contributed by atoms with E-state index in [1.165, 1.54) is 36.4 Å². The monoisotopic (exact) mass is 749 g/mol. The van der Waals surface area contributed by atoms with Gasteiger partial charge in [-0.1, -0.05) is 17.3 Å². The van der Waals surface area contributed by atoms with Crippen molar-refractivity contribution in [1.29, 1.82) is 0 Å². The van der Waals surface area contributed by atoms with Crippen LogP contribution in [0.1, 0.15) is 81.4 Å². The summed E-state index contributed by atoms with van der Waals surface area (Å²) in [7, 11) is 0. The van der Waals surface area contributed by atoms with Crippen molar-refractivity contribution >= 4 is 28.6 Å². The number of benzene rings is 3. The maximum absolute atomic E-state index is 14.0. The number of nitrogens with zero attached hydrogens (tertiary/aromatic N) is 3. The number of hydrogen-bond donors (Lipinski definition) is 0. The van der Waals surface area contributed by atoms with Crippen LogP contribution in [0.5, 0.6) is 5.75 Å². The molecular weight excluding hydrogens is 712 g/mol. The minimum absolute atomic E-state index is 0.0241. The number of aromatic nitrogens is 3. The van der Waals surface area contributed by atoms with Crippen LogP contribution in [-0.2, 0) is 44.6 Å². The number of fused-ring (bicyclic) bond motifs is 1. The number of Topliss-reactive ketones (excluding diaryl/α,β-unsaturated/α-hetero) is 1. The predicted molar refractivity (Wildman–Crippen MR) is 179 cm³/mol. The smallest absolute Gasteiger partial charge is 0.416 e. The lowest BCUT2D eigenvalue weighted by Gasteiger charge is -2.34. The minimum Gasteiger partial charge on any atom is -0.489 e. The summed E-state index contributed by atoms with van der Waals surface area (Å²) < 4.78 is 96.6. The number of ketones is 1. The number of esters is 2. The van der Waals surface area contributed by atoms with Gasteiger partial charge in [0.1, 0.15) is 29.1 Å². The van der Waals surface area contributed by atoms with Crippen LogP contribution in [0.3, 0.4) is 0 Å². The molecule has 0 spiro atoms. The largest absolute Gasteiger partial charge is 0.489 e. The topological polar surface area (TPSA) is 127 Å². The van der Waals surface area contributed by atoms with Crippen LogP contribution >= 0.6 is 0 Å². The van der Waals surface area contributed by atoms with Gasteiger partial charge < -0.3 is 14.2 Å². The summed E-state index contributed by atoms with van der Waals surface area (Å²) in [6.07, 6.45) is -10.6. The number of halogens is 6. The van der Waals surface area contributed by atoms with Gasteiger partial charge in [0.05, 0.1) is 16.5 Å². The van der Waals surface area contributed by atoms with Crippen LogP contribution in [0.2, 0.25) is 0 Å². The molecule has 0 N–H and O–H groups in total. The first-order chi connectivity index (χ1) is 24.4. The summed E-state index contributed by atoms with van der Waals surface area (Å²) in [5.41, 5.74) is -7.45. The third-order valence-corrected chi connectivity index (χ3v) is 7.68. The molecule has 0 radical (unpaired) electrons. The molecule has 0 bridgehead atoms. The molecule has 0 saturated heterocycles. The van der Waals surface area contributed by atoms with Crippen molar-refractivity contribution in [3.05, 3.63) is 99.3 Å². The highest BCUT2D eigenvalue weighted by molar-refractivity contribution is 6.07. The number of rotatable bonds is 11. The van der Waals surface area contributed by atoms with Gasteiger partial charge in [-0.05, 0) is 108 Å². The van der Waals surface area contributed by atoms with Gasteiger partial charge in [0.25, 0.3) is 5.56 Å². The molecule has 284 valence electrons. The maximum Gasteiger partial charge on any atom is 0.416 e. The Kier molecular flexibility index (Phi) is 11.5. The average Bonchev–Trinajstić information content (AvgIpc) is 3.04. The lowest BCUT2D eigenvalue weighted by Crippen LogP contribution is -2.49. The molecule has 53 heavy (non-hydrogen) atoms. The summed E-state index contributed by atoms with van der Waals surface area (Å²) in [6.45, 7) is 8.53. The summed E-state index contributed by atoms with van der Waals surface area (Å²) in [6, 6.07) is 12.4. The second-order valence-electron chi connectivity index (χ2n) is 14.3. The van der Waals surface area contributed by atoms with Gasteiger partial charge in [0.15, 0.2) is 11.2 Å². The first-order valence-electron chi connectivity index (χ1n) is 16.2. The number of hydrogen-bond acceptors (Lipinski definition) is 9. The van der Waals surface area contributed by atoms with E-state index in [9.17, 15) is 45.5 Å². The molecule has 0 atom stereocenters. The Morgan fingerprint density at radius 3 is 1.85 bits per heavy atom.